The zero-order valence-corrected chi connectivity index (χ0v) is 10.4. The first kappa shape index (κ1) is 11.9. The summed E-state index contributed by atoms with van der Waals surface area (Å²) in [7, 11) is 0. The average molecular weight is 248 g/mol. The predicted octanol–water partition coefficient (Wildman–Crippen LogP) is 3.33. The lowest BCUT2D eigenvalue weighted by Gasteiger charge is -2.07. The molecule has 0 aliphatic carbocycles. The van der Waals surface area contributed by atoms with Crippen molar-refractivity contribution in [3.05, 3.63) is 41.3 Å². The Morgan fingerprint density at radius 3 is 2.65 bits per heavy atom. The lowest BCUT2D eigenvalue weighted by atomic mass is 10.1. The fourth-order valence-corrected chi connectivity index (χ4v) is 1.90. The number of anilines is 1. The molecule has 1 aromatic heterocycles. The van der Waals surface area contributed by atoms with Crippen molar-refractivity contribution in [2.75, 3.05) is 5.73 Å². The Morgan fingerprint density at radius 2 is 2.00 bits per heavy atom. The number of hydrogen-bond donors (Lipinski definition) is 1. The number of nitrogens with zero attached hydrogens (tertiary/aromatic N) is 2. The zero-order chi connectivity index (χ0) is 12.3. The second-order valence-electron chi connectivity index (χ2n) is 3.81. The molecule has 0 unspecified atom stereocenters. The van der Waals surface area contributed by atoms with E-state index in [1.54, 1.807) is 6.20 Å². The number of aromatic nitrogens is 2. The first-order chi connectivity index (χ1) is 8.22. The van der Waals surface area contributed by atoms with E-state index in [-0.39, 0.29) is 0 Å². The monoisotopic (exact) mass is 247 g/mol. The lowest BCUT2D eigenvalue weighted by molar-refractivity contribution is 0.838. The molecule has 0 saturated heterocycles. The number of rotatable bonds is 3. The van der Waals surface area contributed by atoms with Crippen LogP contribution < -0.4 is 5.73 Å². The van der Waals surface area contributed by atoms with Crippen LogP contribution in [-0.2, 0) is 6.42 Å². The first-order valence-corrected chi connectivity index (χ1v) is 5.96. The summed E-state index contributed by atoms with van der Waals surface area (Å²) in [5.74, 6) is 1.26. The molecule has 0 atom stereocenters. The minimum Gasteiger partial charge on any atom is -0.383 e. The highest BCUT2D eigenvalue weighted by Crippen LogP contribution is 2.30. The van der Waals surface area contributed by atoms with Gasteiger partial charge in [-0.3, -0.25) is 0 Å². The molecule has 4 heteroatoms. The Labute approximate surface area is 106 Å². The molecule has 0 bridgehead atoms. The number of benzene rings is 1. The number of nitrogen functional groups attached to an aromatic ring is 1. The van der Waals surface area contributed by atoms with Gasteiger partial charge < -0.3 is 5.73 Å². The third kappa shape index (κ3) is 2.56. The van der Waals surface area contributed by atoms with Crippen molar-refractivity contribution in [1.29, 1.82) is 0 Å². The second-order valence-corrected chi connectivity index (χ2v) is 4.22. The van der Waals surface area contributed by atoms with Crippen LogP contribution in [0, 0.1) is 0 Å². The van der Waals surface area contributed by atoms with Gasteiger partial charge in [0.2, 0.25) is 0 Å². The molecular weight excluding hydrogens is 234 g/mol. The number of aryl methyl sites for hydroxylation is 1. The molecule has 2 rings (SSSR count). The van der Waals surface area contributed by atoms with Crippen LogP contribution in [-0.4, -0.2) is 9.97 Å². The van der Waals surface area contributed by atoms with Crippen molar-refractivity contribution in [2.45, 2.75) is 19.8 Å². The SMILES string of the molecule is CCCc1ncc(-c2ccccc2Cl)c(N)n1. The maximum Gasteiger partial charge on any atom is 0.135 e. The molecule has 88 valence electrons. The fourth-order valence-electron chi connectivity index (χ4n) is 1.66. The van der Waals surface area contributed by atoms with E-state index in [1.165, 1.54) is 0 Å². The minimum atomic E-state index is 0.483. The molecule has 17 heavy (non-hydrogen) atoms. The Bertz CT molecular complexity index is 526. The van der Waals surface area contributed by atoms with Crippen LogP contribution in [0.25, 0.3) is 11.1 Å². The minimum absolute atomic E-state index is 0.483. The Hall–Kier alpha value is -1.61. The second kappa shape index (κ2) is 5.15. The average Bonchev–Trinajstić information content (AvgIpc) is 2.31. The molecule has 0 radical (unpaired) electrons. The summed E-state index contributed by atoms with van der Waals surface area (Å²) in [5.41, 5.74) is 7.60. The first-order valence-electron chi connectivity index (χ1n) is 5.58. The molecule has 0 aliphatic rings. The van der Waals surface area contributed by atoms with Gasteiger partial charge in [0.1, 0.15) is 11.6 Å². The normalized spacial score (nSPS) is 10.5. The maximum atomic E-state index is 6.12. The summed E-state index contributed by atoms with van der Waals surface area (Å²) < 4.78 is 0. The summed E-state index contributed by atoms with van der Waals surface area (Å²) in [5, 5.41) is 0.658. The summed E-state index contributed by atoms with van der Waals surface area (Å²) in [4.78, 5) is 8.59. The van der Waals surface area contributed by atoms with E-state index in [4.69, 9.17) is 17.3 Å². The molecule has 2 aromatic rings. The molecule has 0 spiro atoms. The smallest absolute Gasteiger partial charge is 0.135 e. The summed E-state index contributed by atoms with van der Waals surface area (Å²) in [6.07, 6.45) is 3.59. The maximum absolute atomic E-state index is 6.12. The summed E-state index contributed by atoms with van der Waals surface area (Å²) in [6.45, 7) is 2.08. The highest BCUT2D eigenvalue weighted by Gasteiger charge is 2.08. The van der Waals surface area contributed by atoms with Crippen LogP contribution in [0.4, 0.5) is 5.82 Å². The van der Waals surface area contributed by atoms with Crippen LogP contribution in [0.1, 0.15) is 19.2 Å². The van der Waals surface area contributed by atoms with E-state index in [0.717, 1.165) is 29.8 Å². The highest BCUT2D eigenvalue weighted by atomic mass is 35.5. The number of hydrogen-bond acceptors (Lipinski definition) is 3. The Balaban J connectivity index is 2.44. The van der Waals surface area contributed by atoms with Gasteiger partial charge in [-0.25, -0.2) is 9.97 Å². The number of halogens is 1. The Kier molecular flexibility index (Phi) is 3.59. The molecular formula is C13H14ClN3. The van der Waals surface area contributed by atoms with Gasteiger partial charge in [-0.1, -0.05) is 36.7 Å². The summed E-state index contributed by atoms with van der Waals surface area (Å²) >= 11 is 6.12. The van der Waals surface area contributed by atoms with E-state index in [0.29, 0.717) is 10.8 Å². The van der Waals surface area contributed by atoms with Crippen molar-refractivity contribution < 1.29 is 0 Å². The van der Waals surface area contributed by atoms with Gasteiger partial charge in [0.05, 0.1) is 0 Å². The molecule has 3 nitrogen and oxygen atoms in total. The number of nitrogens with two attached hydrogens (primary N) is 1. The van der Waals surface area contributed by atoms with Gasteiger partial charge in [-0.05, 0) is 12.5 Å². The van der Waals surface area contributed by atoms with Crippen LogP contribution in [0.15, 0.2) is 30.5 Å². The molecule has 2 N–H and O–H groups in total. The van der Waals surface area contributed by atoms with Crippen molar-refractivity contribution in [3.63, 3.8) is 0 Å². The largest absolute Gasteiger partial charge is 0.383 e. The third-order valence-corrected chi connectivity index (χ3v) is 2.84. The Morgan fingerprint density at radius 1 is 1.24 bits per heavy atom. The van der Waals surface area contributed by atoms with E-state index >= 15 is 0 Å². The zero-order valence-electron chi connectivity index (χ0n) is 9.65. The fraction of sp³-hybridized carbons (Fsp3) is 0.231. The van der Waals surface area contributed by atoms with Crippen molar-refractivity contribution in [1.82, 2.24) is 9.97 Å². The molecule has 0 saturated carbocycles. The van der Waals surface area contributed by atoms with Crippen LogP contribution in [0.5, 0.6) is 0 Å². The van der Waals surface area contributed by atoms with Crippen LogP contribution in [0.2, 0.25) is 5.02 Å². The van der Waals surface area contributed by atoms with E-state index in [1.807, 2.05) is 24.3 Å². The lowest BCUT2D eigenvalue weighted by Crippen LogP contribution is -2.01. The van der Waals surface area contributed by atoms with Gasteiger partial charge >= 0.3 is 0 Å². The molecule has 1 aromatic carbocycles. The predicted molar refractivity (Wildman–Crippen MR) is 70.9 cm³/mol. The van der Waals surface area contributed by atoms with Gasteiger partial charge in [0.15, 0.2) is 0 Å². The van der Waals surface area contributed by atoms with Gasteiger partial charge in [0.25, 0.3) is 0 Å². The quantitative estimate of drug-likeness (QED) is 0.905. The van der Waals surface area contributed by atoms with Gasteiger partial charge in [-0.2, -0.15) is 0 Å². The van der Waals surface area contributed by atoms with Crippen molar-refractivity contribution in [2.24, 2.45) is 0 Å². The third-order valence-electron chi connectivity index (χ3n) is 2.51. The van der Waals surface area contributed by atoms with Crippen LogP contribution in [0.3, 0.4) is 0 Å². The standard InChI is InChI=1S/C13H14ClN3/c1-2-5-12-16-8-10(13(15)17-12)9-6-3-4-7-11(9)14/h3-4,6-8H,2,5H2,1H3,(H2,15,16,17). The topological polar surface area (TPSA) is 51.8 Å². The van der Waals surface area contributed by atoms with Gasteiger partial charge in [0, 0.05) is 28.8 Å². The van der Waals surface area contributed by atoms with Gasteiger partial charge in [-0.15, -0.1) is 0 Å². The molecule has 0 amide bonds. The van der Waals surface area contributed by atoms with E-state index < -0.39 is 0 Å². The highest BCUT2D eigenvalue weighted by molar-refractivity contribution is 6.33. The van der Waals surface area contributed by atoms with Crippen molar-refractivity contribution in [3.8, 4) is 11.1 Å². The van der Waals surface area contributed by atoms with Crippen LogP contribution >= 0.6 is 11.6 Å². The molecule has 0 fully saturated rings. The van der Waals surface area contributed by atoms with E-state index in [9.17, 15) is 0 Å². The molecule has 0 aliphatic heterocycles. The van der Waals surface area contributed by atoms with E-state index in [2.05, 4.69) is 16.9 Å². The van der Waals surface area contributed by atoms with Crippen molar-refractivity contribution >= 4 is 17.4 Å². The molecule has 1 heterocycles. The summed E-state index contributed by atoms with van der Waals surface area (Å²) in [6, 6.07) is 7.54.